The molecule has 1 amide bonds. The summed E-state index contributed by atoms with van der Waals surface area (Å²) < 4.78 is 21.1. The van der Waals surface area contributed by atoms with E-state index in [-0.39, 0.29) is 24.1 Å². The monoisotopic (exact) mass is 404 g/mol. The Balaban J connectivity index is 0.00000225. The molecule has 0 atom stereocenters. The Hall–Kier alpha value is -2.64. The van der Waals surface area contributed by atoms with Crippen LogP contribution >= 0.6 is 12.4 Å². The number of aromatic nitrogens is 2. The second-order valence-corrected chi connectivity index (χ2v) is 6.70. The molecule has 1 aliphatic heterocycles. The number of nitrogens with one attached hydrogen (secondary N) is 1. The molecule has 4 rings (SSSR count). The van der Waals surface area contributed by atoms with Crippen LogP contribution in [0.4, 0.5) is 15.9 Å². The first-order valence-corrected chi connectivity index (χ1v) is 8.89. The number of hydrogen-bond donors (Lipinski definition) is 1. The number of anilines is 2. The van der Waals surface area contributed by atoms with E-state index in [1.807, 2.05) is 29.9 Å². The molecular weight excluding hydrogens is 383 g/mol. The Morgan fingerprint density at radius 3 is 2.71 bits per heavy atom. The average molecular weight is 405 g/mol. The van der Waals surface area contributed by atoms with E-state index in [1.54, 1.807) is 24.1 Å². The maximum Gasteiger partial charge on any atom is 0.257 e. The van der Waals surface area contributed by atoms with Gasteiger partial charge in [0.15, 0.2) is 0 Å². The van der Waals surface area contributed by atoms with Gasteiger partial charge in [0, 0.05) is 43.6 Å². The van der Waals surface area contributed by atoms with Crippen molar-refractivity contribution < 1.29 is 13.9 Å². The van der Waals surface area contributed by atoms with Gasteiger partial charge in [-0.25, -0.2) is 9.37 Å². The number of pyridine rings is 1. The van der Waals surface area contributed by atoms with Gasteiger partial charge in [0.2, 0.25) is 0 Å². The fourth-order valence-electron chi connectivity index (χ4n) is 3.32. The van der Waals surface area contributed by atoms with Gasteiger partial charge in [0.05, 0.1) is 24.3 Å². The molecule has 2 aromatic heterocycles. The second-order valence-electron chi connectivity index (χ2n) is 6.70. The molecule has 8 heteroatoms. The highest BCUT2D eigenvalue weighted by Crippen LogP contribution is 2.29. The van der Waals surface area contributed by atoms with Crippen molar-refractivity contribution in [1.82, 2.24) is 14.5 Å². The molecule has 0 saturated carbocycles. The van der Waals surface area contributed by atoms with Crippen molar-refractivity contribution in [3.63, 3.8) is 0 Å². The van der Waals surface area contributed by atoms with Crippen molar-refractivity contribution in [2.75, 3.05) is 31.6 Å². The highest BCUT2D eigenvalue weighted by atomic mass is 35.5. The largest absolute Gasteiger partial charge is 0.378 e. The fraction of sp³-hybridized carbons (Fsp3) is 0.300. The number of hydrogen-bond acceptors (Lipinski definition) is 4. The molecule has 0 radical (unpaired) electrons. The van der Waals surface area contributed by atoms with E-state index >= 15 is 0 Å². The summed E-state index contributed by atoms with van der Waals surface area (Å²) in [6.07, 6.45) is 3.48. The third-order valence-electron chi connectivity index (χ3n) is 4.87. The van der Waals surface area contributed by atoms with Gasteiger partial charge < -0.3 is 19.5 Å². The summed E-state index contributed by atoms with van der Waals surface area (Å²) in [6, 6.07) is 6.88. The van der Waals surface area contributed by atoms with Crippen molar-refractivity contribution in [3.8, 4) is 0 Å². The number of carbonyl (C=O) groups is 1. The number of ether oxygens (including phenoxy) is 1. The minimum Gasteiger partial charge on any atom is -0.378 e. The summed E-state index contributed by atoms with van der Waals surface area (Å²) >= 11 is 0. The molecule has 1 N–H and O–H groups in total. The van der Waals surface area contributed by atoms with E-state index in [1.165, 1.54) is 6.07 Å². The minimum absolute atomic E-state index is 0. The van der Waals surface area contributed by atoms with E-state index < -0.39 is 0 Å². The Bertz CT molecular complexity index is 1010. The van der Waals surface area contributed by atoms with Crippen LogP contribution < -0.4 is 5.32 Å². The lowest BCUT2D eigenvalue weighted by Crippen LogP contribution is -2.40. The lowest BCUT2D eigenvalue weighted by atomic mass is 10.1. The van der Waals surface area contributed by atoms with Gasteiger partial charge in [-0.1, -0.05) is 6.07 Å². The molecule has 1 aromatic carbocycles. The van der Waals surface area contributed by atoms with Crippen LogP contribution in [0.25, 0.3) is 10.9 Å². The molecule has 3 aromatic rings. The first-order chi connectivity index (χ1) is 13.0. The number of amides is 1. The van der Waals surface area contributed by atoms with Crippen LogP contribution in [0.1, 0.15) is 15.9 Å². The van der Waals surface area contributed by atoms with Crippen LogP contribution in [-0.2, 0) is 11.8 Å². The molecule has 0 aliphatic carbocycles. The lowest BCUT2D eigenvalue weighted by molar-refractivity contribution is 0.0303. The molecule has 6 nitrogen and oxygen atoms in total. The highest BCUT2D eigenvalue weighted by molar-refractivity contribution is 6.08. The van der Waals surface area contributed by atoms with Gasteiger partial charge >= 0.3 is 0 Å². The third-order valence-corrected chi connectivity index (χ3v) is 4.87. The summed E-state index contributed by atoms with van der Waals surface area (Å²) in [5, 5.41) is 3.98. The first kappa shape index (κ1) is 20.1. The molecule has 28 heavy (non-hydrogen) atoms. The van der Waals surface area contributed by atoms with Gasteiger partial charge in [0.25, 0.3) is 5.91 Å². The maximum atomic E-state index is 13.9. The van der Waals surface area contributed by atoms with Crippen molar-refractivity contribution in [2.45, 2.75) is 6.92 Å². The fourth-order valence-corrected chi connectivity index (χ4v) is 3.32. The zero-order chi connectivity index (χ0) is 19.0. The number of halogens is 2. The maximum absolute atomic E-state index is 13.9. The van der Waals surface area contributed by atoms with E-state index in [0.717, 1.165) is 10.9 Å². The van der Waals surface area contributed by atoms with Crippen LogP contribution in [0.15, 0.2) is 36.7 Å². The summed E-state index contributed by atoms with van der Waals surface area (Å²) in [4.78, 5) is 19.2. The lowest BCUT2D eigenvalue weighted by Gasteiger charge is -2.27. The molecule has 1 fully saturated rings. The molecule has 1 saturated heterocycles. The normalized spacial score (nSPS) is 14.0. The Labute approximate surface area is 168 Å². The molecular formula is C20H22ClFN4O2. The van der Waals surface area contributed by atoms with Gasteiger partial charge in [-0.3, -0.25) is 4.79 Å². The SMILES string of the molecule is Cc1ccc(Nc2ncc(C(=O)N3CCOCC3)c3c2ccn3C)cc1F.Cl. The van der Waals surface area contributed by atoms with Crippen molar-refractivity contribution in [3.05, 3.63) is 53.6 Å². The molecule has 148 valence electrons. The quantitative estimate of drug-likeness (QED) is 0.723. The molecule has 3 heterocycles. The Kier molecular flexibility index (Phi) is 5.86. The predicted octanol–water partition coefficient (Wildman–Crippen LogP) is 3.66. The van der Waals surface area contributed by atoms with Gasteiger partial charge in [-0.05, 0) is 30.7 Å². The molecule has 1 aliphatic rings. The van der Waals surface area contributed by atoms with Crippen molar-refractivity contribution in [2.24, 2.45) is 7.05 Å². The number of carbonyl (C=O) groups excluding carboxylic acids is 1. The Morgan fingerprint density at radius 1 is 1.25 bits per heavy atom. The zero-order valence-corrected chi connectivity index (χ0v) is 16.6. The topological polar surface area (TPSA) is 59.4 Å². The average Bonchev–Trinajstić information content (AvgIpc) is 3.08. The van der Waals surface area contributed by atoms with Crippen LogP contribution in [-0.4, -0.2) is 46.7 Å². The summed E-state index contributed by atoms with van der Waals surface area (Å²) in [7, 11) is 1.90. The third kappa shape index (κ3) is 3.68. The minimum atomic E-state index is -0.275. The van der Waals surface area contributed by atoms with Crippen LogP contribution in [0.2, 0.25) is 0 Å². The number of nitrogens with zero attached hydrogens (tertiary/aromatic N) is 3. The van der Waals surface area contributed by atoms with E-state index in [2.05, 4.69) is 10.3 Å². The zero-order valence-electron chi connectivity index (χ0n) is 15.7. The van der Waals surface area contributed by atoms with Crippen LogP contribution in [0.3, 0.4) is 0 Å². The van der Waals surface area contributed by atoms with Gasteiger partial charge in [-0.2, -0.15) is 0 Å². The van der Waals surface area contributed by atoms with Crippen molar-refractivity contribution in [1.29, 1.82) is 0 Å². The van der Waals surface area contributed by atoms with Crippen molar-refractivity contribution >= 4 is 40.7 Å². The van der Waals surface area contributed by atoms with E-state index in [4.69, 9.17) is 4.74 Å². The number of fused-ring (bicyclic) bond motifs is 1. The molecule has 0 bridgehead atoms. The highest BCUT2D eigenvalue weighted by Gasteiger charge is 2.23. The van der Waals surface area contributed by atoms with Gasteiger partial charge in [-0.15, -0.1) is 12.4 Å². The number of aryl methyl sites for hydroxylation is 2. The van der Waals surface area contributed by atoms with Crippen LogP contribution in [0, 0.1) is 12.7 Å². The molecule has 0 spiro atoms. The summed E-state index contributed by atoms with van der Waals surface area (Å²) in [6.45, 7) is 3.97. The number of rotatable bonds is 3. The first-order valence-electron chi connectivity index (χ1n) is 8.89. The number of benzene rings is 1. The summed E-state index contributed by atoms with van der Waals surface area (Å²) in [5.41, 5.74) is 2.56. The van der Waals surface area contributed by atoms with E-state index in [9.17, 15) is 9.18 Å². The Morgan fingerprint density at radius 2 is 2.00 bits per heavy atom. The van der Waals surface area contributed by atoms with E-state index in [0.29, 0.717) is 48.9 Å². The number of morpholine rings is 1. The standard InChI is InChI=1S/C20H21FN4O2.ClH/c1-13-3-4-14(11-17(13)21)23-19-15-5-6-24(2)18(15)16(12-22-19)20(26)25-7-9-27-10-8-25;/h3-6,11-12H,7-10H2,1-2H3,(H,22,23);1H. The summed E-state index contributed by atoms with van der Waals surface area (Å²) in [5.74, 6) is 0.265. The second kappa shape index (κ2) is 8.16. The smallest absolute Gasteiger partial charge is 0.257 e. The predicted molar refractivity (Wildman–Crippen MR) is 109 cm³/mol. The van der Waals surface area contributed by atoms with Gasteiger partial charge in [0.1, 0.15) is 11.6 Å². The van der Waals surface area contributed by atoms with Crippen LogP contribution in [0.5, 0.6) is 0 Å². The molecule has 0 unspecified atom stereocenters.